The van der Waals surface area contributed by atoms with E-state index in [4.69, 9.17) is 28.9 Å². The quantitative estimate of drug-likeness (QED) is 0.785. The highest BCUT2D eigenvalue weighted by atomic mass is 35.5. The molecule has 0 saturated carbocycles. The lowest BCUT2D eigenvalue weighted by atomic mass is 10.1. The van der Waals surface area contributed by atoms with Gasteiger partial charge >= 0.3 is 0 Å². The first-order valence-corrected chi connectivity index (χ1v) is 5.49. The minimum atomic E-state index is -0.0604. The van der Waals surface area contributed by atoms with Crippen molar-refractivity contribution in [3.8, 4) is 0 Å². The Hall–Kier alpha value is -0.700. The van der Waals surface area contributed by atoms with E-state index in [2.05, 4.69) is 4.98 Å². The highest BCUT2D eigenvalue weighted by molar-refractivity contribution is 6.40. The number of rotatable bonds is 1. The third kappa shape index (κ3) is 1.63. The number of H-pyrrole nitrogens is 1. The Morgan fingerprint density at radius 1 is 1.27 bits per heavy atom. The lowest BCUT2D eigenvalue weighted by Crippen LogP contribution is -2.05. The van der Waals surface area contributed by atoms with Gasteiger partial charge in [-0.2, -0.15) is 0 Å². The number of fused-ring (bicyclic) bond motifs is 1. The van der Waals surface area contributed by atoms with E-state index in [1.807, 2.05) is 13.8 Å². The van der Waals surface area contributed by atoms with Crippen molar-refractivity contribution in [2.75, 3.05) is 0 Å². The maximum atomic E-state index is 6.16. The topological polar surface area (TPSA) is 41.8 Å². The molecular weight excluding hydrogens is 231 g/mol. The van der Waals surface area contributed by atoms with Crippen molar-refractivity contribution < 1.29 is 0 Å². The number of hydrogen-bond acceptors (Lipinski definition) is 1. The molecule has 0 aliphatic carbocycles. The predicted molar refractivity (Wildman–Crippen MR) is 65.7 cm³/mol. The van der Waals surface area contributed by atoms with Crippen molar-refractivity contribution >= 4 is 34.1 Å². The molecule has 2 aromatic rings. The summed E-state index contributed by atoms with van der Waals surface area (Å²) in [6.07, 6.45) is 0. The van der Waals surface area contributed by atoms with Crippen LogP contribution in [0, 0.1) is 6.92 Å². The maximum absolute atomic E-state index is 6.16. The van der Waals surface area contributed by atoms with Crippen LogP contribution >= 0.6 is 23.2 Å². The summed E-state index contributed by atoms with van der Waals surface area (Å²) < 4.78 is 0. The first-order valence-electron chi connectivity index (χ1n) is 4.74. The Kier molecular flexibility index (Phi) is 2.67. The molecule has 1 unspecified atom stereocenters. The van der Waals surface area contributed by atoms with Gasteiger partial charge in [0.05, 0.1) is 15.6 Å². The zero-order valence-corrected chi connectivity index (χ0v) is 10.1. The summed E-state index contributed by atoms with van der Waals surface area (Å²) in [5, 5.41) is 2.30. The molecule has 1 aromatic heterocycles. The fourth-order valence-electron chi connectivity index (χ4n) is 1.95. The molecule has 15 heavy (non-hydrogen) atoms. The van der Waals surface area contributed by atoms with Gasteiger partial charge in [0, 0.05) is 17.1 Å². The molecule has 0 aliphatic rings. The Bertz CT molecular complexity index is 515. The van der Waals surface area contributed by atoms with Crippen molar-refractivity contribution in [2.24, 2.45) is 5.73 Å². The van der Waals surface area contributed by atoms with Crippen LogP contribution in [-0.4, -0.2) is 4.98 Å². The molecule has 0 radical (unpaired) electrons. The highest BCUT2D eigenvalue weighted by Gasteiger charge is 2.16. The molecule has 1 atom stereocenters. The van der Waals surface area contributed by atoms with Crippen molar-refractivity contribution in [2.45, 2.75) is 19.9 Å². The predicted octanol–water partition coefficient (Wildman–Crippen LogP) is 3.80. The largest absolute Gasteiger partial charge is 0.357 e. The van der Waals surface area contributed by atoms with Gasteiger partial charge in [-0.3, -0.25) is 0 Å². The van der Waals surface area contributed by atoms with Gasteiger partial charge in [-0.05, 0) is 31.5 Å². The van der Waals surface area contributed by atoms with Gasteiger partial charge in [0.1, 0.15) is 0 Å². The van der Waals surface area contributed by atoms with E-state index in [0.29, 0.717) is 10.0 Å². The van der Waals surface area contributed by atoms with Crippen molar-refractivity contribution in [3.63, 3.8) is 0 Å². The number of hydrogen-bond donors (Lipinski definition) is 2. The number of benzene rings is 1. The molecule has 2 rings (SSSR count). The fraction of sp³-hybridized carbons (Fsp3) is 0.273. The van der Waals surface area contributed by atoms with E-state index in [1.165, 1.54) is 0 Å². The summed E-state index contributed by atoms with van der Waals surface area (Å²) in [7, 11) is 0. The van der Waals surface area contributed by atoms with E-state index in [1.54, 1.807) is 12.1 Å². The Labute approximate surface area is 98.4 Å². The number of aromatic amines is 1. The van der Waals surface area contributed by atoms with Gasteiger partial charge in [0.25, 0.3) is 0 Å². The zero-order chi connectivity index (χ0) is 11.2. The molecule has 0 amide bonds. The Morgan fingerprint density at radius 3 is 2.47 bits per heavy atom. The monoisotopic (exact) mass is 242 g/mol. The summed E-state index contributed by atoms with van der Waals surface area (Å²) in [5.41, 5.74) is 8.85. The Balaban J connectivity index is 2.92. The third-order valence-corrected chi connectivity index (χ3v) is 3.17. The van der Waals surface area contributed by atoms with Crippen LogP contribution in [0.1, 0.15) is 24.2 Å². The van der Waals surface area contributed by atoms with Gasteiger partial charge in [-0.15, -0.1) is 0 Å². The second-order valence-corrected chi connectivity index (χ2v) is 4.55. The lowest BCUT2D eigenvalue weighted by molar-refractivity contribution is 0.817. The van der Waals surface area contributed by atoms with Crippen molar-refractivity contribution in [1.82, 2.24) is 4.98 Å². The number of aromatic nitrogens is 1. The van der Waals surface area contributed by atoms with Crippen LogP contribution in [0.25, 0.3) is 10.9 Å². The second kappa shape index (κ2) is 3.71. The third-order valence-electron chi connectivity index (χ3n) is 2.54. The normalized spacial score (nSPS) is 13.4. The van der Waals surface area contributed by atoms with E-state index in [-0.39, 0.29) is 6.04 Å². The molecule has 0 fully saturated rings. The molecule has 0 aliphatic heterocycles. The summed E-state index contributed by atoms with van der Waals surface area (Å²) in [6.45, 7) is 3.91. The SMILES string of the molecule is Cc1[nH]c2c(Cl)ccc(Cl)c2c1C(C)N. The van der Waals surface area contributed by atoms with Crippen LogP contribution < -0.4 is 5.73 Å². The second-order valence-electron chi connectivity index (χ2n) is 3.73. The molecule has 3 N–H and O–H groups in total. The molecule has 1 aromatic carbocycles. The molecule has 2 nitrogen and oxygen atoms in total. The smallest absolute Gasteiger partial charge is 0.0663 e. The molecule has 80 valence electrons. The van der Waals surface area contributed by atoms with E-state index >= 15 is 0 Å². The zero-order valence-electron chi connectivity index (χ0n) is 8.57. The van der Waals surface area contributed by atoms with Gasteiger partial charge in [-0.25, -0.2) is 0 Å². The number of nitrogens with one attached hydrogen (secondary N) is 1. The van der Waals surface area contributed by atoms with Crippen LogP contribution in [0.2, 0.25) is 10.0 Å². The van der Waals surface area contributed by atoms with Crippen molar-refractivity contribution in [1.29, 1.82) is 0 Å². The molecule has 1 heterocycles. The highest BCUT2D eigenvalue weighted by Crippen LogP contribution is 2.35. The minimum Gasteiger partial charge on any atom is -0.357 e. The van der Waals surface area contributed by atoms with Crippen LogP contribution in [0.4, 0.5) is 0 Å². The van der Waals surface area contributed by atoms with Crippen molar-refractivity contribution in [3.05, 3.63) is 33.4 Å². The molecular formula is C11H12Cl2N2. The standard InChI is InChI=1S/C11H12Cl2N2/c1-5(14)9-6(2)15-11-8(13)4-3-7(12)10(9)11/h3-5,15H,14H2,1-2H3. The summed E-state index contributed by atoms with van der Waals surface area (Å²) >= 11 is 12.2. The van der Waals surface area contributed by atoms with Gasteiger partial charge in [0.15, 0.2) is 0 Å². The van der Waals surface area contributed by atoms with E-state index in [9.17, 15) is 0 Å². The lowest BCUT2D eigenvalue weighted by Gasteiger charge is -2.06. The van der Waals surface area contributed by atoms with Gasteiger partial charge in [0.2, 0.25) is 0 Å². The van der Waals surface area contributed by atoms with Crippen LogP contribution in [0.5, 0.6) is 0 Å². The summed E-state index contributed by atoms with van der Waals surface area (Å²) in [6, 6.07) is 3.52. The van der Waals surface area contributed by atoms with Crippen LogP contribution in [-0.2, 0) is 0 Å². The molecule has 0 spiro atoms. The fourth-order valence-corrected chi connectivity index (χ4v) is 2.41. The van der Waals surface area contributed by atoms with Gasteiger partial charge < -0.3 is 10.7 Å². The average Bonchev–Trinajstić information content (AvgIpc) is 2.50. The Morgan fingerprint density at radius 2 is 1.87 bits per heavy atom. The maximum Gasteiger partial charge on any atom is 0.0663 e. The molecule has 4 heteroatoms. The van der Waals surface area contributed by atoms with Gasteiger partial charge in [-0.1, -0.05) is 23.2 Å². The van der Waals surface area contributed by atoms with Crippen LogP contribution in [0.3, 0.4) is 0 Å². The van der Waals surface area contributed by atoms with E-state index in [0.717, 1.165) is 22.2 Å². The molecule has 0 saturated heterocycles. The number of nitrogens with two attached hydrogens (primary N) is 1. The number of aryl methyl sites for hydroxylation is 1. The van der Waals surface area contributed by atoms with Crippen LogP contribution in [0.15, 0.2) is 12.1 Å². The number of halogens is 2. The summed E-state index contributed by atoms with van der Waals surface area (Å²) in [4.78, 5) is 3.22. The first kappa shape index (κ1) is 10.8. The summed E-state index contributed by atoms with van der Waals surface area (Å²) in [5.74, 6) is 0. The molecule has 0 bridgehead atoms. The first-order chi connectivity index (χ1) is 7.02. The average molecular weight is 243 g/mol. The minimum absolute atomic E-state index is 0.0604. The van der Waals surface area contributed by atoms with E-state index < -0.39 is 0 Å².